The van der Waals surface area contributed by atoms with Crippen molar-refractivity contribution in [1.82, 2.24) is 9.62 Å². The summed E-state index contributed by atoms with van der Waals surface area (Å²) >= 11 is 0. The third-order valence-corrected chi connectivity index (χ3v) is 6.94. The zero-order chi connectivity index (χ0) is 20.9. The molecule has 2 atom stereocenters. The molecule has 2 aliphatic rings. The minimum atomic E-state index is -3.72. The summed E-state index contributed by atoms with van der Waals surface area (Å²) in [5, 5.41) is 0. The summed E-state index contributed by atoms with van der Waals surface area (Å²) < 4.78 is 33.2. The number of likely N-dealkylation sites (tertiary alicyclic amines) is 1. The predicted molar refractivity (Wildman–Crippen MR) is 108 cm³/mol. The number of nitrogens with one attached hydrogen (secondary N) is 1. The molecule has 1 aromatic rings. The molecule has 2 unspecified atom stereocenters. The number of benzene rings is 1. The smallest absolute Gasteiger partial charge is 0.253 e. The van der Waals surface area contributed by atoms with Gasteiger partial charge in [-0.05, 0) is 56.2 Å². The lowest BCUT2D eigenvalue weighted by Gasteiger charge is -2.32. The molecule has 29 heavy (non-hydrogen) atoms. The number of rotatable bonds is 8. The molecule has 3 rings (SSSR count). The van der Waals surface area contributed by atoms with Gasteiger partial charge < -0.3 is 15.4 Å². The number of amides is 2. The van der Waals surface area contributed by atoms with Gasteiger partial charge in [0.15, 0.2) is 0 Å². The van der Waals surface area contributed by atoms with Crippen LogP contribution in [-0.2, 0) is 19.6 Å². The van der Waals surface area contributed by atoms with E-state index in [2.05, 4.69) is 4.72 Å². The van der Waals surface area contributed by atoms with Gasteiger partial charge in [-0.25, -0.2) is 13.1 Å². The Morgan fingerprint density at radius 2 is 2.07 bits per heavy atom. The predicted octanol–water partition coefficient (Wildman–Crippen LogP) is 1.26. The Kier molecular flexibility index (Phi) is 7.26. The highest BCUT2D eigenvalue weighted by molar-refractivity contribution is 7.89. The summed E-state index contributed by atoms with van der Waals surface area (Å²) in [5.41, 5.74) is 5.57. The van der Waals surface area contributed by atoms with Crippen molar-refractivity contribution in [2.45, 2.75) is 49.5 Å². The van der Waals surface area contributed by atoms with E-state index in [1.807, 2.05) is 0 Å². The highest BCUT2D eigenvalue weighted by atomic mass is 32.2. The highest BCUT2D eigenvalue weighted by Crippen LogP contribution is 2.23. The number of nitrogens with two attached hydrogens (primary N) is 1. The van der Waals surface area contributed by atoms with E-state index < -0.39 is 10.0 Å². The zero-order valence-electron chi connectivity index (χ0n) is 16.5. The van der Waals surface area contributed by atoms with E-state index in [9.17, 15) is 18.0 Å². The Morgan fingerprint density at radius 3 is 2.79 bits per heavy atom. The van der Waals surface area contributed by atoms with Gasteiger partial charge in [-0.15, -0.1) is 0 Å². The molecule has 0 aromatic heterocycles. The SMILES string of the molecule is NC(=O)CCC1CCCN(C(=O)c2cccc(S(=O)(=O)NCC3CCCO3)c2)C1. The van der Waals surface area contributed by atoms with Crippen LogP contribution in [0.2, 0.25) is 0 Å². The molecular formula is C20H29N3O5S. The van der Waals surface area contributed by atoms with Crippen LogP contribution in [-0.4, -0.2) is 57.5 Å². The maximum Gasteiger partial charge on any atom is 0.253 e. The van der Waals surface area contributed by atoms with Gasteiger partial charge in [0.25, 0.3) is 5.91 Å². The molecule has 2 fully saturated rings. The molecule has 160 valence electrons. The van der Waals surface area contributed by atoms with E-state index >= 15 is 0 Å². The van der Waals surface area contributed by atoms with Gasteiger partial charge in [0, 0.05) is 38.2 Å². The van der Waals surface area contributed by atoms with Crippen molar-refractivity contribution in [2.75, 3.05) is 26.2 Å². The largest absolute Gasteiger partial charge is 0.377 e. The first-order chi connectivity index (χ1) is 13.8. The number of primary amides is 1. The molecule has 2 saturated heterocycles. The molecule has 0 spiro atoms. The fourth-order valence-corrected chi connectivity index (χ4v) is 5.01. The number of hydrogen-bond acceptors (Lipinski definition) is 5. The van der Waals surface area contributed by atoms with Crippen LogP contribution in [0.1, 0.15) is 48.9 Å². The summed E-state index contributed by atoms with van der Waals surface area (Å²) in [6.07, 6.45) is 4.48. The van der Waals surface area contributed by atoms with Gasteiger partial charge in [0.1, 0.15) is 0 Å². The van der Waals surface area contributed by atoms with Gasteiger partial charge in [0.2, 0.25) is 15.9 Å². The lowest BCUT2D eigenvalue weighted by Crippen LogP contribution is -2.40. The van der Waals surface area contributed by atoms with Crippen LogP contribution in [0.15, 0.2) is 29.2 Å². The van der Waals surface area contributed by atoms with Crippen molar-refractivity contribution < 1.29 is 22.7 Å². The summed E-state index contributed by atoms with van der Waals surface area (Å²) in [4.78, 5) is 25.8. The van der Waals surface area contributed by atoms with Crippen LogP contribution in [0.5, 0.6) is 0 Å². The summed E-state index contributed by atoms with van der Waals surface area (Å²) in [7, 11) is -3.72. The normalized spacial score (nSPS) is 22.6. The van der Waals surface area contributed by atoms with E-state index in [1.165, 1.54) is 12.1 Å². The molecule has 0 bridgehead atoms. The number of piperidine rings is 1. The molecule has 3 N–H and O–H groups in total. The lowest BCUT2D eigenvalue weighted by molar-refractivity contribution is -0.118. The van der Waals surface area contributed by atoms with Crippen molar-refractivity contribution >= 4 is 21.8 Å². The highest BCUT2D eigenvalue weighted by Gasteiger charge is 2.26. The number of nitrogens with zero attached hydrogens (tertiary/aromatic N) is 1. The van der Waals surface area contributed by atoms with Crippen molar-refractivity contribution in [1.29, 1.82) is 0 Å². The van der Waals surface area contributed by atoms with Crippen LogP contribution >= 0.6 is 0 Å². The van der Waals surface area contributed by atoms with Gasteiger partial charge in [-0.2, -0.15) is 0 Å². The molecule has 9 heteroatoms. The monoisotopic (exact) mass is 423 g/mol. The quantitative estimate of drug-likeness (QED) is 0.652. The van der Waals surface area contributed by atoms with Crippen LogP contribution < -0.4 is 10.5 Å². The first kappa shape index (κ1) is 21.7. The third-order valence-electron chi connectivity index (χ3n) is 5.52. The standard InChI is InChI=1S/C20H29N3O5S/c21-19(24)9-8-15-4-2-10-23(14-15)20(25)16-5-1-7-18(12-16)29(26,27)22-13-17-6-3-11-28-17/h1,5,7,12,15,17,22H,2-4,6,8-11,13-14H2,(H2,21,24). The molecule has 1 aromatic carbocycles. The van der Waals surface area contributed by atoms with E-state index in [1.54, 1.807) is 17.0 Å². The second-order valence-corrected chi connectivity index (χ2v) is 9.55. The van der Waals surface area contributed by atoms with Gasteiger partial charge in [-0.1, -0.05) is 6.07 Å². The Hall–Kier alpha value is -1.97. The summed E-state index contributed by atoms with van der Waals surface area (Å²) in [6, 6.07) is 6.13. The Morgan fingerprint density at radius 1 is 1.24 bits per heavy atom. The fourth-order valence-electron chi connectivity index (χ4n) is 3.90. The first-order valence-electron chi connectivity index (χ1n) is 10.1. The lowest BCUT2D eigenvalue weighted by atomic mass is 9.93. The molecule has 8 nitrogen and oxygen atoms in total. The second-order valence-electron chi connectivity index (χ2n) is 7.78. The van der Waals surface area contributed by atoms with Crippen molar-refractivity contribution in [3.63, 3.8) is 0 Å². The zero-order valence-corrected chi connectivity index (χ0v) is 17.3. The Balaban J connectivity index is 1.64. The minimum Gasteiger partial charge on any atom is -0.377 e. The first-order valence-corrected chi connectivity index (χ1v) is 11.6. The summed E-state index contributed by atoms with van der Waals surface area (Å²) in [6.45, 7) is 2.07. The molecule has 2 heterocycles. The Bertz CT molecular complexity index is 836. The van der Waals surface area contributed by atoms with Gasteiger partial charge >= 0.3 is 0 Å². The maximum absolute atomic E-state index is 12.9. The van der Waals surface area contributed by atoms with Gasteiger partial charge in [0.05, 0.1) is 11.0 Å². The summed E-state index contributed by atoms with van der Waals surface area (Å²) in [5.74, 6) is -0.285. The minimum absolute atomic E-state index is 0.0728. The Labute approximate surface area is 171 Å². The average molecular weight is 424 g/mol. The van der Waals surface area contributed by atoms with Gasteiger partial charge in [-0.3, -0.25) is 9.59 Å². The van der Waals surface area contributed by atoms with E-state index in [0.29, 0.717) is 38.1 Å². The third kappa shape index (κ3) is 6.01. The second kappa shape index (κ2) is 9.69. The topological polar surface area (TPSA) is 119 Å². The number of ether oxygens (including phenoxy) is 1. The van der Waals surface area contributed by atoms with Crippen LogP contribution in [0, 0.1) is 5.92 Å². The number of carbonyl (C=O) groups excluding carboxylic acids is 2. The van der Waals surface area contributed by atoms with Crippen molar-refractivity contribution in [3.05, 3.63) is 29.8 Å². The fraction of sp³-hybridized carbons (Fsp3) is 0.600. The average Bonchev–Trinajstić information content (AvgIpc) is 3.24. The van der Waals surface area contributed by atoms with Crippen molar-refractivity contribution in [3.8, 4) is 0 Å². The number of hydrogen-bond donors (Lipinski definition) is 2. The van der Waals surface area contributed by atoms with Crippen molar-refractivity contribution in [2.24, 2.45) is 11.7 Å². The molecule has 0 aliphatic carbocycles. The molecular weight excluding hydrogens is 394 g/mol. The molecule has 0 radical (unpaired) electrons. The molecule has 2 amide bonds. The maximum atomic E-state index is 12.9. The van der Waals surface area contributed by atoms with Crippen LogP contribution in [0.4, 0.5) is 0 Å². The number of carbonyl (C=O) groups is 2. The van der Waals surface area contributed by atoms with Crippen LogP contribution in [0.25, 0.3) is 0 Å². The molecule has 0 saturated carbocycles. The molecule has 2 aliphatic heterocycles. The van der Waals surface area contributed by atoms with E-state index in [0.717, 1.165) is 25.7 Å². The van der Waals surface area contributed by atoms with Crippen LogP contribution in [0.3, 0.4) is 0 Å². The van der Waals surface area contributed by atoms with E-state index in [4.69, 9.17) is 10.5 Å². The number of sulfonamides is 1. The van der Waals surface area contributed by atoms with E-state index in [-0.39, 0.29) is 35.3 Å².